The van der Waals surface area contributed by atoms with Crippen molar-refractivity contribution in [2.24, 2.45) is 0 Å². The summed E-state index contributed by atoms with van der Waals surface area (Å²) in [4.78, 5) is 4.64. The zero-order chi connectivity index (χ0) is 14.2. The summed E-state index contributed by atoms with van der Waals surface area (Å²) in [5.74, 6) is 0. The number of rotatable bonds is 8. The van der Waals surface area contributed by atoms with E-state index in [-0.39, 0.29) is 0 Å². The number of hydrogen-bond donors (Lipinski definition) is 1. The Kier molecular flexibility index (Phi) is 5.96. The van der Waals surface area contributed by atoms with Crippen LogP contribution < -0.4 is 5.32 Å². The standard InChI is InChI=1S/C17H24N2O/c1-3-11-18-16(9-6-13-20-2)17-15-8-5-4-7-14(15)10-12-19-17/h4-5,7-8,10,12,16,18H,3,6,9,11,13H2,1-2H3. The van der Waals surface area contributed by atoms with Crippen LogP contribution in [-0.2, 0) is 4.74 Å². The van der Waals surface area contributed by atoms with Gasteiger partial charge in [0.05, 0.1) is 11.7 Å². The van der Waals surface area contributed by atoms with Crippen molar-refractivity contribution < 1.29 is 4.74 Å². The molecule has 108 valence electrons. The van der Waals surface area contributed by atoms with E-state index in [1.807, 2.05) is 6.20 Å². The molecule has 2 aromatic rings. The lowest BCUT2D eigenvalue weighted by molar-refractivity contribution is 0.188. The number of pyridine rings is 1. The van der Waals surface area contributed by atoms with Gasteiger partial charge in [-0.1, -0.05) is 31.2 Å². The van der Waals surface area contributed by atoms with Gasteiger partial charge >= 0.3 is 0 Å². The lowest BCUT2D eigenvalue weighted by Gasteiger charge is -2.19. The van der Waals surface area contributed by atoms with Crippen molar-refractivity contribution in [3.63, 3.8) is 0 Å². The van der Waals surface area contributed by atoms with Gasteiger partial charge < -0.3 is 10.1 Å². The molecule has 0 aliphatic rings. The number of benzene rings is 1. The topological polar surface area (TPSA) is 34.1 Å². The monoisotopic (exact) mass is 272 g/mol. The highest BCUT2D eigenvalue weighted by Crippen LogP contribution is 2.25. The van der Waals surface area contributed by atoms with Crippen molar-refractivity contribution >= 4 is 10.8 Å². The van der Waals surface area contributed by atoms with Crippen LogP contribution in [0.15, 0.2) is 36.5 Å². The summed E-state index contributed by atoms with van der Waals surface area (Å²) in [5, 5.41) is 6.13. The molecule has 0 spiro atoms. The Labute approximate surface area is 121 Å². The van der Waals surface area contributed by atoms with Crippen LogP contribution in [0, 0.1) is 0 Å². The number of aromatic nitrogens is 1. The molecule has 0 bridgehead atoms. The number of methoxy groups -OCH3 is 1. The second-order valence-electron chi connectivity index (χ2n) is 5.06. The maximum absolute atomic E-state index is 5.17. The van der Waals surface area contributed by atoms with Crippen LogP contribution in [0.1, 0.15) is 37.9 Å². The van der Waals surface area contributed by atoms with Gasteiger partial charge in [-0.15, -0.1) is 0 Å². The molecule has 1 aromatic heterocycles. The summed E-state index contributed by atoms with van der Waals surface area (Å²) in [6, 6.07) is 10.8. The lowest BCUT2D eigenvalue weighted by atomic mass is 10.0. The first kappa shape index (κ1) is 14.9. The van der Waals surface area contributed by atoms with E-state index in [1.54, 1.807) is 7.11 Å². The summed E-state index contributed by atoms with van der Waals surface area (Å²) in [6.07, 6.45) is 5.14. The summed E-state index contributed by atoms with van der Waals surface area (Å²) < 4.78 is 5.17. The van der Waals surface area contributed by atoms with Gasteiger partial charge in [-0.05, 0) is 37.3 Å². The zero-order valence-corrected chi connectivity index (χ0v) is 12.4. The third-order valence-electron chi connectivity index (χ3n) is 3.52. The minimum atomic E-state index is 0.302. The normalized spacial score (nSPS) is 12.7. The summed E-state index contributed by atoms with van der Waals surface area (Å²) in [7, 11) is 1.75. The van der Waals surface area contributed by atoms with Gasteiger partial charge in [-0.25, -0.2) is 0 Å². The molecule has 1 atom stereocenters. The fourth-order valence-corrected chi connectivity index (χ4v) is 2.51. The van der Waals surface area contributed by atoms with E-state index in [2.05, 4.69) is 47.6 Å². The molecular weight excluding hydrogens is 248 g/mol. The molecule has 0 amide bonds. The fourth-order valence-electron chi connectivity index (χ4n) is 2.51. The third kappa shape index (κ3) is 3.78. The molecule has 20 heavy (non-hydrogen) atoms. The van der Waals surface area contributed by atoms with Crippen molar-refractivity contribution in [2.75, 3.05) is 20.3 Å². The van der Waals surface area contributed by atoms with E-state index in [4.69, 9.17) is 4.74 Å². The second-order valence-corrected chi connectivity index (χ2v) is 5.06. The molecule has 3 nitrogen and oxygen atoms in total. The van der Waals surface area contributed by atoms with E-state index < -0.39 is 0 Å². The fraction of sp³-hybridized carbons (Fsp3) is 0.471. The molecular formula is C17H24N2O. The number of ether oxygens (including phenoxy) is 1. The van der Waals surface area contributed by atoms with Crippen molar-refractivity contribution in [3.05, 3.63) is 42.2 Å². The quantitative estimate of drug-likeness (QED) is 0.744. The minimum absolute atomic E-state index is 0.302. The predicted octanol–water partition coefficient (Wildman–Crippen LogP) is 3.70. The van der Waals surface area contributed by atoms with Gasteiger partial charge in [0.15, 0.2) is 0 Å². The number of nitrogens with one attached hydrogen (secondary N) is 1. The predicted molar refractivity (Wildman–Crippen MR) is 83.9 cm³/mol. The maximum atomic E-state index is 5.17. The molecule has 3 heteroatoms. The SMILES string of the molecule is CCCNC(CCCOC)c1nccc2ccccc12. The molecule has 1 heterocycles. The van der Waals surface area contributed by atoms with Gasteiger partial charge in [0.2, 0.25) is 0 Å². The van der Waals surface area contributed by atoms with E-state index in [0.29, 0.717) is 6.04 Å². The van der Waals surface area contributed by atoms with Crippen LogP contribution in [0.4, 0.5) is 0 Å². The first-order chi connectivity index (χ1) is 9.86. The first-order valence-electron chi connectivity index (χ1n) is 7.42. The van der Waals surface area contributed by atoms with Gasteiger partial charge in [0.1, 0.15) is 0 Å². The molecule has 2 rings (SSSR count). The molecule has 0 radical (unpaired) electrons. The van der Waals surface area contributed by atoms with Crippen molar-refractivity contribution in [3.8, 4) is 0 Å². The Morgan fingerprint density at radius 1 is 1.25 bits per heavy atom. The number of nitrogens with zero attached hydrogens (tertiary/aromatic N) is 1. The van der Waals surface area contributed by atoms with Crippen LogP contribution in [0.5, 0.6) is 0 Å². The van der Waals surface area contributed by atoms with Crippen molar-refractivity contribution in [2.45, 2.75) is 32.2 Å². The smallest absolute Gasteiger partial charge is 0.0651 e. The highest BCUT2D eigenvalue weighted by atomic mass is 16.5. The van der Waals surface area contributed by atoms with E-state index in [1.165, 1.54) is 10.8 Å². The van der Waals surface area contributed by atoms with Gasteiger partial charge in [0, 0.05) is 25.3 Å². The lowest BCUT2D eigenvalue weighted by Crippen LogP contribution is -2.23. The summed E-state index contributed by atoms with van der Waals surface area (Å²) in [5.41, 5.74) is 1.16. The second kappa shape index (κ2) is 7.98. The molecule has 1 N–H and O–H groups in total. The zero-order valence-electron chi connectivity index (χ0n) is 12.4. The Balaban J connectivity index is 2.24. The average molecular weight is 272 g/mol. The number of hydrogen-bond acceptors (Lipinski definition) is 3. The molecule has 1 unspecified atom stereocenters. The molecule has 0 saturated heterocycles. The van der Waals surface area contributed by atoms with E-state index in [9.17, 15) is 0 Å². The Hall–Kier alpha value is -1.45. The molecule has 0 aliphatic carbocycles. The van der Waals surface area contributed by atoms with Gasteiger partial charge in [0.25, 0.3) is 0 Å². The van der Waals surface area contributed by atoms with Crippen LogP contribution >= 0.6 is 0 Å². The summed E-state index contributed by atoms with van der Waals surface area (Å²) in [6.45, 7) is 4.01. The molecule has 0 fully saturated rings. The number of fused-ring (bicyclic) bond motifs is 1. The minimum Gasteiger partial charge on any atom is -0.385 e. The molecule has 0 aliphatic heterocycles. The van der Waals surface area contributed by atoms with Crippen molar-refractivity contribution in [1.29, 1.82) is 0 Å². The first-order valence-corrected chi connectivity index (χ1v) is 7.42. The van der Waals surface area contributed by atoms with Gasteiger partial charge in [-0.3, -0.25) is 4.98 Å². The highest BCUT2D eigenvalue weighted by molar-refractivity contribution is 5.84. The Morgan fingerprint density at radius 3 is 2.90 bits per heavy atom. The molecule has 1 aromatic carbocycles. The van der Waals surface area contributed by atoms with Crippen LogP contribution in [0.25, 0.3) is 10.8 Å². The Bertz CT molecular complexity index is 522. The summed E-state index contributed by atoms with van der Waals surface area (Å²) >= 11 is 0. The average Bonchev–Trinajstić information content (AvgIpc) is 2.50. The van der Waals surface area contributed by atoms with Crippen molar-refractivity contribution in [1.82, 2.24) is 10.3 Å². The van der Waals surface area contributed by atoms with Crippen LogP contribution in [-0.4, -0.2) is 25.2 Å². The van der Waals surface area contributed by atoms with Crippen LogP contribution in [0.3, 0.4) is 0 Å². The van der Waals surface area contributed by atoms with E-state index in [0.717, 1.165) is 38.1 Å². The maximum Gasteiger partial charge on any atom is 0.0651 e. The highest BCUT2D eigenvalue weighted by Gasteiger charge is 2.14. The third-order valence-corrected chi connectivity index (χ3v) is 3.52. The molecule has 0 saturated carbocycles. The Morgan fingerprint density at radius 2 is 2.10 bits per heavy atom. The van der Waals surface area contributed by atoms with Gasteiger partial charge in [-0.2, -0.15) is 0 Å². The largest absolute Gasteiger partial charge is 0.385 e. The van der Waals surface area contributed by atoms with Crippen LogP contribution in [0.2, 0.25) is 0 Å². The van der Waals surface area contributed by atoms with E-state index >= 15 is 0 Å².